The van der Waals surface area contributed by atoms with Gasteiger partial charge in [0.1, 0.15) is 10.7 Å². The van der Waals surface area contributed by atoms with Gasteiger partial charge in [0.2, 0.25) is 10.0 Å². The van der Waals surface area contributed by atoms with Crippen molar-refractivity contribution in [3.05, 3.63) is 24.0 Å². The molecule has 0 aliphatic carbocycles. The fraction of sp³-hybridized carbons (Fsp3) is 0.400. The zero-order chi connectivity index (χ0) is 14.8. The Morgan fingerprint density at radius 3 is 2.32 bits per heavy atom. The van der Waals surface area contributed by atoms with Gasteiger partial charge in [-0.1, -0.05) is 0 Å². The largest absolute Gasteiger partial charge is 0.327 e. The van der Waals surface area contributed by atoms with E-state index in [1.807, 2.05) is 0 Å². The highest BCUT2D eigenvalue weighted by Gasteiger charge is 2.19. The predicted molar refractivity (Wildman–Crippen MR) is 68.3 cm³/mol. The smallest absolute Gasteiger partial charge is 0.240 e. The summed E-state index contributed by atoms with van der Waals surface area (Å²) in [7, 11) is -7.64. The van der Waals surface area contributed by atoms with Gasteiger partial charge in [0.15, 0.2) is 9.84 Å². The summed E-state index contributed by atoms with van der Waals surface area (Å²) >= 11 is 0. The van der Waals surface area contributed by atoms with Gasteiger partial charge in [-0.3, -0.25) is 0 Å². The van der Waals surface area contributed by atoms with Crippen LogP contribution in [0.1, 0.15) is 6.92 Å². The first kappa shape index (κ1) is 16.0. The molecule has 0 aromatic heterocycles. The Labute approximate surface area is 111 Å². The van der Waals surface area contributed by atoms with Crippen LogP contribution in [0.2, 0.25) is 0 Å². The lowest BCUT2D eigenvalue weighted by molar-refractivity contribution is 0.558. The van der Waals surface area contributed by atoms with E-state index in [1.165, 1.54) is 0 Å². The number of sulfonamides is 1. The molecule has 108 valence electrons. The van der Waals surface area contributed by atoms with Crippen molar-refractivity contribution < 1.29 is 21.2 Å². The average molecular weight is 310 g/mol. The number of rotatable bonds is 5. The quantitative estimate of drug-likeness (QED) is 0.787. The van der Waals surface area contributed by atoms with Crippen molar-refractivity contribution in [1.82, 2.24) is 4.72 Å². The SMILES string of the molecule is C[C@H](N)CNS(=O)(=O)c1ccc(S(C)(=O)=O)c(F)c1. The van der Waals surface area contributed by atoms with Crippen LogP contribution in [0.3, 0.4) is 0 Å². The number of nitrogens with two attached hydrogens (primary N) is 1. The van der Waals surface area contributed by atoms with Crippen molar-refractivity contribution in [2.45, 2.75) is 22.8 Å². The molecule has 0 bridgehead atoms. The molecular formula is C10H15FN2O4S2. The van der Waals surface area contributed by atoms with Crippen molar-refractivity contribution >= 4 is 19.9 Å². The molecule has 6 nitrogen and oxygen atoms in total. The number of sulfone groups is 1. The summed E-state index contributed by atoms with van der Waals surface area (Å²) in [5, 5.41) is 0. The number of halogens is 1. The number of benzene rings is 1. The van der Waals surface area contributed by atoms with Crippen LogP contribution in [0.15, 0.2) is 28.0 Å². The van der Waals surface area contributed by atoms with E-state index in [4.69, 9.17) is 5.73 Å². The van der Waals surface area contributed by atoms with Crippen LogP contribution < -0.4 is 10.5 Å². The fourth-order valence-electron chi connectivity index (χ4n) is 1.27. The van der Waals surface area contributed by atoms with Crippen molar-refractivity contribution in [3.8, 4) is 0 Å². The Kier molecular flexibility index (Phi) is 4.67. The van der Waals surface area contributed by atoms with Gasteiger partial charge < -0.3 is 5.73 Å². The van der Waals surface area contributed by atoms with Crippen LogP contribution in [0.25, 0.3) is 0 Å². The van der Waals surface area contributed by atoms with Gasteiger partial charge in [-0.2, -0.15) is 0 Å². The molecule has 1 atom stereocenters. The van der Waals surface area contributed by atoms with Gasteiger partial charge >= 0.3 is 0 Å². The second-order valence-corrected chi connectivity index (χ2v) is 7.94. The van der Waals surface area contributed by atoms with E-state index >= 15 is 0 Å². The monoisotopic (exact) mass is 310 g/mol. The zero-order valence-electron chi connectivity index (χ0n) is 10.4. The summed E-state index contributed by atoms with van der Waals surface area (Å²) in [6.45, 7) is 1.60. The molecule has 0 fully saturated rings. The third-order valence-corrected chi connectivity index (χ3v) is 4.76. The summed E-state index contributed by atoms with van der Waals surface area (Å²) in [5.74, 6) is -1.11. The van der Waals surface area contributed by atoms with E-state index in [0.29, 0.717) is 6.07 Å². The molecule has 0 radical (unpaired) electrons. The topological polar surface area (TPSA) is 106 Å². The van der Waals surface area contributed by atoms with E-state index in [1.54, 1.807) is 6.92 Å². The lowest BCUT2D eigenvalue weighted by Gasteiger charge is -2.09. The van der Waals surface area contributed by atoms with Crippen LogP contribution in [0, 0.1) is 5.82 Å². The maximum Gasteiger partial charge on any atom is 0.240 e. The molecule has 0 aliphatic rings. The van der Waals surface area contributed by atoms with Crippen molar-refractivity contribution in [2.75, 3.05) is 12.8 Å². The molecule has 1 aromatic rings. The zero-order valence-corrected chi connectivity index (χ0v) is 12.1. The molecule has 0 saturated heterocycles. The van der Waals surface area contributed by atoms with Crippen LogP contribution in [-0.4, -0.2) is 35.7 Å². The molecule has 0 heterocycles. The minimum atomic E-state index is -3.90. The van der Waals surface area contributed by atoms with E-state index in [-0.39, 0.29) is 11.4 Å². The molecular weight excluding hydrogens is 295 g/mol. The van der Waals surface area contributed by atoms with Gasteiger partial charge in [-0.05, 0) is 25.1 Å². The average Bonchev–Trinajstić information content (AvgIpc) is 2.24. The normalized spacial score (nSPS) is 14.3. The first-order valence-electron chi connectivity index (χ1n) is 5.29. The van der Waals surface area contributed by atoms with Gasteiger partial charge in [0.25, 0.3) is 0 Å². The van der Waals surface area contributed by atoms with Gasteiger partial charge in [-0.15, -0.1) is 0 Å². The summed E-state index contributed by atoms with van der Waals surface area (Å²) in [6.07, 6.45) is 0.841. The molecule has 0 amide bonds. The Balaban J connectivity index is 3.15. The summed E-state index contributed by atoms with van der Waals surface area (Å²) in [6, 6.07) is 2.23. The van der Waals surface area contributed by atoms with Gasteiger partial charge in [-0.25, -0.2) is 25.9 Å². The highest BCUT2D eigenvalue weighted by atomic mass is 32.2. The molecule has 0 spiro atoms. The predicted octanol–water partition coefficient (Wildman–Crippen LogP) is -0.145. The third kappa shape index (κ3) is 4.23. The van der Waals surface area contributed by atoms with E-state index in [2.05, 4.69) is 4.72 Å². The number of hydrogen-bond donors (Lipinski definition) is 2. The Bertz CT molecular complexity index is 669. The second-order valence-electron chi connectivity index (χ2n) is 4.19. The number of hydrogen-bond acceptors (Lipinski definition) is 5. The van der Waals surface area contributed by atoms with Crippen LogP contribution in [-0.2, 0) is 19.9 Å². The standard InChI is InChI=1S/C10H15FN2O4S2/c1-7(12)6-13-19(16,17)8-3-4-10(9(11)5-8)18(2,14)15/h3-5,7,13H,6,12H2,1-2H3/t7-/m0/s1. The first-order valence-corrected chi connectivity index (χ1v) is 8.66. The number of nitrogens with one attached hydrogen (secondary N) is 1. The second kappa shape index (κ2) is 5.53. The van der Waals surface area contributed by atoms with E-state index in [9.17, 15) is 21.2 Å². The lowest BCUT2D eigenvalue weighted by Crippen LogP contribution is -2.35. The molecule has 0 saturated carbocycles. The van der Waals surface area contributed by atoms with Crippen LogP contribution in [0.5, 0.6) is 0 Å². The van der Waals surface area contributed by atoms with Crippen molar-refractivity contribution in [3.63, 3.8) is 0 Å². The molecule has 19 heavy (non-hydrogen) atoms. The summed E-state index contributed by atoms with van der Waals surface area (Å²) in [4.78, 5) is -0.892. The molecule has 3 N–H and O–H groups in total. The first-order chi connectivity index (χ1) is 8.54. The molecule has 9 heteroatoms. The summed E-state index contributed by atoms with van der Waals surface area (Å²) < 4.78 is 61.7. The summed E-state index contributed by atoms with van der Waals surface area (Å²) in [5.41, 5.74) is 5.41. The Morgan fingerprint density at radius 1 is 1.32 bits per heavy atom. The van der Waals surface area contributed by atoms with Crippen LogP contribution in [0.4, 0.5) is 4.39 Å². The van der Waals surface area contributed by atoms with Gasteiger partial charge in [0, 0.05) is 18.8 Å². The van der Waals surface area contributed by atoms with Crippen molar-refractivity contribution in [1.29, 1.82) is 0 Å². The highest BCUT2D eigenvalue weighted by molar-refractivity contribution is 7.90. The van der Waals surface area contributed by atoms with E-state index in [0.717, 1.165) is 18.4 Å². The molecule has 0 unspecified atom stereocenters. The maximum atomic E-state index is 13.6. The maximum absolute atomic E-state index is 13.6. The lowest BCUT2D eigenvalue weighted by atomic mass is 10.3. The molecule has 1 rings (SSSR count). The van der Waals surface area contributed by atoms with Gasteiger partial charge in [0.05, 0.1) is 4.90 Å². The molecule has 1 aromatic carbocycles. The highest BCUT2D eigenvalue weighted by Crippen LogP contribution is 2.18. The minimum absolute atomic E-state index is 0.00220. The third-order valence-electron chi connectivity index (χ3n) is 2.21. The minimum Gasteiger partial charge on any atom is -0.327 e. The molecule has 0 aliphatic heterocycles. The Morgan fingerprint density at radius 2 is 1.89 bits per heavy atom. The van der Waals surface area contributed by atoms with Crippen molar-refractivity contribution in [2.24, 2.45) is 5.73 Å². The fourth-order valence-corrected chi connectivity index (χ4v) is 3.16. The van der Waals surface area contributed by atoms with E-state index < -0.39 is 36.6 Å². The Hall–Kier alpha value is -1.03. The van der Waals surface area contributed by atoms with Crippen LogP contribution >= 0.6 is 0 Å².